The number of ether oxygens (including phenoxy) is 1. The zero-order valence-electron chi connectivity index (χ0n) is 17.2. The van der Waals surface area contributed by atoms with Crippen molar-refractivity contribution in [2.24, 2.45) is 0 Å². The van der Waals surface area contributed by atoms with E-state index in [4.69, 9.17) is 4.74 Å². The third-order valence-corrected chi connectivity index (χ3v) is 6.07. The zero-order chi connectivity index (χ0) is 22.6. The Bertz CT molecular complexity index is 1110. The van der Waals surface area contributed by atoms with E-state index < -0.39 is 27.7 Å². The molecular formula is C21H23N3O6S. The molecule has 0 bridgehead atoms. The van der Waals surface area contributed by atoms with Gasteiger partial charge in [0.2, 0.25) is 11.8 Å². The Morgan fingerprint density at radius 2 is 1.77 bits per heavy atom. The Hall–Kier alpha value is -3.40. The topological polar surface area (TPSA) is 122 Å². The summed E-state index contributed by atoms with van der Waals surface area (Å²) in [6, 6.07) is 10.1. The first-order chi connectivity index (χ1) is 14.8. The standard InChI is InChI=1S/C21H23N3O6S/c1-3-12-22-21(27)15-6-4-5-7-16(15)23-31(28,29)14-8-9-18(30-2)17(13-14)24-19(25)10-11-20(24)26/h4-9,13,23H,3,10-12H2,1-2H3,(H,22,27). The molecule has 0 aliphatic carbocycles. The molecule has 0 aromatic heterocycles. The summed E-state index contributed by atoms with van der Waals surface area (Å²) in [5, 5.41) is 2.71. The van der Waals surface area contributed by atoms with Gasteiger partial charge in [-0.25, -0.2) is 13.3 Å². The molecule has 2 aromatic rings. The molecule has 1 fully saturated rings. The van der Waals surface area contributed by atoms with Gasteiger partial charge in [0, 0.05) is 19.4 Å². The van der Waals surface area contributed by atoms with Gasteiger partial charge in [-0.1, -0.05) is 19.1 Å². The first-order valence-corrected chi connectivity index (χ1v) is 11.2. The zero-order valence-corrected chi connectivity index (χ0v) is 18.0. The van der Waals surface area contributed by atoms with Gasteiger partial charge in [0.05, 0.1) is 28.9 Å². The molecule has 0 saturated carbocycles. The van der Waals surface area contributed by atoms with Crippen LogP contribution in [-0.2, 0) is 19.6 Å². The van der Waals surface area contributed by atoms with Gasteiger partial charge < -0.3 is 10.1 Å². The monoisotopic (exact) mass is 445 g/mol. The van der Waals surface area contributed by atoms with Crippen molar-refractivity contribution in [3.8, 4) is 5.75 Å². The number of hydrogen-bond donors (Lipinski definition) is 2. The summed E-state index contributed by atoms with van der Waals surface area (Å²) in [6.07, 6.45) is 0.844. The van der Waals surface area contributed by atoms with Gasteiger partial charge in [0.1, 0.15) is 5.75 Å². The Balaban J connectivity index is 1.97. The normalized spacial score (nSPS) is 13.9. The molecule has 0 atom stereocenters. The number of nitrogens with zero attached hydrogens (tertiary/aromatic N) is 1. The molecule has 2 N–H and O–H groups in total. The number of para-hydroxylation sites is 1. The van der Waals surface area contributed by atoms with E-state index >= 15 is 0 Å². The highest BCUT2D eigenvalue weighted by Crippen LogP contribution is 2.34. The molecular weight excluding hydrogens is 422 g/mol. The molecule has 1 aliphatic heterocycles. The number of anilines is 2. The van der Waals surface area contributed by atoms with Crippen molar-refractivity contribution >= 4 is 39.1 Å². The lowest BCUT2D eigenvalue weighted by molar-refractivity contribution is -0.121. The molecule has 10 heteroatoms. The number of imide groups is 1. The van der Waals surface area contributed by atoms with Crippen molar-refractivity contribution in [2.45, 2.75) is 31.1 Å². The fourth-order valence-electron chi connectivity index (χ4n) is 3.16. The highest BCUT2D eigenvalue weighted by molar-refractivity contribution is 7.92. The summed E-state index contributed by atoms with van der Waals surface area (Å²) in [4.78, 5) is 37.4. The van der Waals surface area contributed by atoms with Crippen LogP contribution in [0.5, 0.6) is 5.75 Å². The molecule has 3 rings (SSSR count). The number of carbonyl (C=O) groups is 3. The highest BCUT2D eigenvalue weighted by atomic mass is 32.2. The minimum absolute atomic E-state index is 0.0530. The van der Waals surface area contributed by atoms with Crippen LogP contribution >= 0.6 is 0 Å². The van der Waals surface area contributed by atoms with Gasteiger partial charge in [-0.3, -0.25) is 19.1 Å². The number of amides is 3. The Kier molecular flexibility index (Phi) is 6.59. The number of rotatable bonds is 8. The van der Waals surface area contributed by atoms with Crippen molar-refractivity contribution in [3.05, 3.63) is 48.0 Å². The summed E-state index contributed by atoms with van der Waals surface area (Å²) < 4.78 is 33.7. The van der Waals surface area contributed by atoms with Crippen molar-refractivity contribution < 1.29 is 27.5 Å². The molecule has 3 amide bonds. The first kappa shape index (κ1) is 22.3. The van der Waals surface area contributed by atoms with Crippen LogP contribution in [-0.4, -0.2) is 39.8 Å². The minimum Gasteiger partial charge on any atom is -0.495 e. The second-order valence-electron chi connectivity index (χ2n) is 6.86. The molecule has 9 nitrogen and oxygen atoms in total. The molecule has 0 spiro atoms. The molecule has 31 heavy (non-hydrogen) atoms. The smallest absolute Gasteiger partial charge is 0.261 e. The maximum Gasteiger partial charge on any atom is 0.261 e. The minimum atomic E-state index is -4.14. The van der Waals surface area contributed by atoms with Crippen LogP contribution < -0.4 is 19.7 Å². The molecule has 1 saturated heterocycles. The van der Waals surface area contributed by atoms with Crippen LogP contribution in [0.25, 0.3) is 0 Å². The van der Waals surface area contributed by atoms with E-state index in [2.05, 4.69) is 10.0 Å². The highest BCUT2D eigenvalue weighted by Gasteiger charge is 2.33. The predicted octanol–water partition coefficient (Wildman–Crippen LogP) is 2.29. The van der Waals surface area contributed by atoms with E-state index in [0.29, 0.717) is 6.54 Å². The van der Waals surface area contributed by atoms with Crippen LogP contribution in [0.15, 0.2) is 47.4 Å². The van der Waals surface area contributed by atoms with Crippen molar-refractivity contribution in [3.63, 3.8) is 0 Å². The molecule has 0 radical (unpaired) electrons. The molecule has 1 heterocycles. The number of carbonyl (C=O) groups excluding carboxylic acids is 3. The van der Waals surface area contributed by atoms with Crippen molar-refractivity contribution in [1.29, 1.82) is 0 Å². The summed E-state index contributed by atoms with van der Waals surface area (Å²) in [7, 11) is -2.77. The van der Waals surface area contributed by atoms with Crippen LogP contribution in [0.4, 0.5) is 11.4 Å². The Labute approximate surface area is 180 Å². The largest absolute Gasteiger partial charge is 0.495 e. The number of benzene rings is 2. The number of nitrogens with one attached hydrogen (secondary N) is 2. The van der Waals surface area contributed by atoms with Gasteiger partial charge in [0.15, 0.2) is 0 Å². The summed E-state index contributed by atoms with van der Waals surface area (Å²) >= 11 is 0. The van der Waals surface area contributed by atoms with Crippen LogP contribution in [0.3, 0.4) is 0 Å². The average molecular weight is 445 g/mol. The first-order valence-electron chi connectivity index (χ1n) is 9.72. The van der Waals surface area contributed by atoms with Crippen LogP contribution in [0, 0.1) is 0 Å². The fraction of sp³-hybridized carbons (Fsp3) is 0.286. The Morgan fingerprint density at radius 1 is 1.10 bits per heavy atom. The summed E-state index contributed by atoms with van der Waals surface area (Å²) in [5.41, 5.74) is 0.354. The number of hydrogen-bond acceptors (Lipinski definition) is 6. The fourth-order valence-corrected chi connectivity index (χ4v) is 4.26. The van der Waals surface area contributed by atoms with Crippen LogP contribution in [0.2, 0.25) is 0 Å². The predicted molar refractivity (Wildman–Crippen MR) is 115 cm³/mol. The van der Waals surface area contributed by atoms with E-state index in [0.717, 1.165) is 11.3 Å². The molecule has 2 aromatic carbocycles. The number of sulfonamides is 1. The Morgan fingerprint density at radius 3 is 2.42 bits per heavy atom. The number of methoxy groups -OCH3 is 1. The SMILES string of the molecule is CCCNC(=O)c1ccccc1NS(=O)(=O)c1ccc(OC)c(N2C(=O)CCC2=O)c1. The molecule has 0 unspecified atom stereocenters. The van der Waals surface area contributed by atoms with E-state index in [-0.39, 0.29) is 40.4 Å². The second-order valence-corrected chi connectivity index (χ2v) is 8.55. The van der Waals surface area contributed by atoms with E-state index in [1.165, 1.54) is 37.4 Å². The summed E-state index contributed by atoms with van der Waals surface area (Å²) in [6.45, 7) is 2.37. The van der Waals surface area contributed by atoms with Gasteiger partial charge >= 0.3 is 0 Å². The lowest BCUT2D eigenvalue weighted by atomic mass is 10.1. The van der Waals surface area contributed by atoms with Gasteiger partial charge in [-0.15, -0.1) is 0 Å². The quantitative estimate of drug-likeness (QED) is 0.601. The van der Waals surface area contributed by atoms with Gasteiger partial charge in [0.25, 0.3) is 15.9 Å². The van der Waals surface area contributed by atoms with E-state index in [1.54, 1.807) is 12.1 Å². The summed E-state index contributed by atoms with van der Waals surface area (Å²) in [5.74, 6) is -1.06. The molecule has 164 valence electrons. The molecule has 1 aliphatic rings. The maximum absolute atomic E-state index is 13.0. The third-order valence-electron chi connectivity index (χ3n) is 4.70. The van der Waals surface area contributed by atoms with E-state index in [1.807, 2.05) is 6.92 Å². The average Bonchev–Trinajstić information content (AvgIpc) is 3.09. The van der Waals surface area contributed by atoms with Crippen LogP contribution in [0.1, 0.15) is 36.5 Å². The van der Waals surface area contributed by atoms with Gasteiger partial charge in [-0.2, -0.15) is 0 Å². The van der Waals surface area contributed by atoms with E-state index in [9.17, 15) is 22.8 Å². The third kappa shape index (κ3) is 4.69. The van der Waals surface area contributed by atoms with Gasteiger partial charge in [-0.05, 0) is 36.8 Å². The van der Waals surface area contributed by atoms with Crippen molar-refractivity contribution in [1.82, 2.24) is 5.32 Å². The van der Waals surface area contributed by atoms with Crippen molar-refractivity contribution in [2.75, 3.05) is 23.3 Å². The second kappa shape index (κ2) is 9.17. The lowest BCUT2D eigenvalue weighted by Gasteiger charge is -2.19. The lowest BCUT2D eigenvalue weighted by Crippen LogP contribution is -2.29. The maximum atomic E-state index is 13.0.